The molecular formula is C18H18N2O7S. The van der Waals surface area contributed by atoms with Gasteiger partial charge in [0.05, 0.1) is 30.3 Å². The van der Waals surface area contributed by atoms with Gasteiger partial charge in [-0.25, -0.2) is 13.2 Å². The minimum atomic E-state index is -4.10. The number of hydrogen-bond donors (Lipinski definition) is 2. The number of hydrogen-bond acceptors (Lipinski definition) is 7. The van der Waals surface area contributed by atoms with Gasteiger partial charge in [0.15, 0.2) is 22.9 Å². The summed E-state index contributed by atoms with van der Waals surface area (Å²) >= 11 is 0. The number of ketones is 1. The molecule has 2 aromatic carbocycles. The van der Waals surface area contributed by atoms with Gasteiger partial charge < -0.3 is 13.9 Å². The zero-order chi connectivity index (χ0) is 20.6. The zero-order valence-electron chi connectivity index (χ0n) is 15.6. The average Bonchev–Trinajstić information content (AvgIpc) is 2.98. The third kappa shape index (κ3) is 3.46. The number of sulfonamides is 1. The lowest BCUT2D eigenvalue weighted by Gasteiger charge is -2.16. The Kier molecular flexibility index (Phi) is 4.90. The van der Waals surface area contributed by atoms with Gasteiger partial charge in [0.1, 0.15) is 0 Å². The number of aromatic amines is 1. The fraction of sp³-hybridized carbons (Fsp3) is 0.222. The first-order valence-corrected chi connectivity index (χ1v) is 9.58. The molecule has 28 heavy (non-hydrogen) atoms. The van der Waals surface area contributed by atoms with Crippen LogP contribution in [0.3, 0.4) is 0 Å². The number of fused-ring (bicyclic) bond motifs is 1. The highest BCUT2D eigenvalue weighted by Gasteiger charge is 2.23. The molecule has 0 aliphatic heterocycles. The number of Topliss-reactive ketones (excluding diaryl/α,β-unsaturated/α-hetero) is 1. The van der Waals surface area contributed by atoms with E-state index in [0.29, 0.717) is 16.8 Å². The quantitative estimate of drug-likeness (QED) is 0.602. The van der Waals surface area contributed by atoms with Gasteiger partial charge in [0.2, 0.25) is 0 Å². The van der Waals surface area contributed by atoms with Gasteiger partial charge in [-0.05, 0) is 31.5 Å². The van der Waals surface area contributed by atoms with E-state index in [9.17, 15) is 18.0 Å². The molecule has 10 heteroatoms. The van der Waals surface area contributed by atoms with Crippen LogP contribution in [-0.2, 0) is 10.0 Å². The lowest BCUT2D eigenvalue weighted by molar-refractivity contribution is 0.101. The smallest absolute Gasteiger partial charge is 0.417 e. The summed E-state index contributed by atoms with van der Waals surface area (Å²) in [6.45, 7) is 2.89. The minimum Gasteiger partial charge on any atom is -0.493 e. The molecule has 3 aromatic rings. The summed E-state index contributed by atoms with van der Waals surface area (Å²) in [5.41, 5.74) is 1.04. The molecule has 0 bridgehead atoms. The van der Waals surface area contributed by atoms with Gasteiger partial charge >= 0.3 is 5.76 Å². The third-order valence-electron chi connectivity index (χ3n) is 4.15. The first-order chi connectivity index (χ1) is 13.2. The van der Waals surface area contributed by atoms with Gasteiger partial charge in [-0.3, -0.25) is 14.5 Å². The normalized spacial score (nSPS) is 11.4. The molecule has 3 rings (SSSR count). The minimum absolute atomic E-state index is 0.0418. The van der Waals surface area contributed by atoms with Crippen LogP contribution in [0.1, 0.15) is 22.8 Å². The van der Waals surface area contributed by atoms with Crippen molar-refractivity contribution < 1.29 is 27.1 Å². The number of carbonyl (C=O) groups excluding carboxylic acids is 1. The van der Waals surface area contributed by atoms with Crippen molar-refractivity contribution in [3.05, 3.63) is 45.9 Å². The van der Waals surface area contributed by atoms with Crippen molar-refractivity contribution in [2.45, 2.75) is 18.7 Å². The van der Waals surface area contributed by atoms with E-state index in [2.05, 4.69) is 9.71 Å². The number of aryl methyl sites for hydroxylation is 1. The van der Waals surface area contributed by atoms with Crippen LogP contribution in [0.15, 0.2) is 38.4 Å². The SMILES string of the molecule is COc1cc(NS(=O)(=O)c2cc3oc(=O)[nH]c3cc2C)c(C(C)=O)cc1OC. The van der Waals surface area contributed by atoms with Crippen molar-refractivity contribution in [1.82, 2.24) is 4.98 Å². The van der Waals surface area contributed by atoms with E-state index in [1.54, 1.807) is 6.92 Å². The summed E-state index contributed by atoms with van der Waals surface area (Å²) in [7, 11) is -1.29. The number of rotatable bonds is 6. The van der Waals surface area contributed by atoms with E-state index in [0.717, 1.165) is 0 Å². The molecule has 0 amide bonds. The predicted molar refractivity (Wildman–Crippen MR) is 102 cm³/mol. The molecule has 9 nitrogen and oxygen atoms in total. The highest BCUT2D eigenvalue weighted by molar-refractivity contribution is 7.92. The number of methoxy groups -OCH3 is 2. The predicted octanol–water partition coefficient (Wildman–Crippen LogP) is 2.45. The second kappa shape index (κ2) is 7.04. The molecule has 0 aliphatic carbocycles. The number of ether oxygens (including phenoxy) is 2. The summed E-state index contributed by atoms with van der Waals surface area (Å²) < 4.78 is 43.7. The molecule has 0 fully saturated rings. The Morgan fingerprint density at radius 3 is 2.36 bits per heavy atom. The lowest BCUT2D eigenvalue weighted by atomic mass is 10.1. The maximum atomic E-state index is 13.0. The molecular weight excluding hydrogens is 388 g/mol. The van der Waals surface area contributed by atoms with Crippen molar-refractivity contribution >= 4 is 32.6 Å². The van der Waals surface area contributed by atoms with E-state index in [1.807, 2.05) is 0 Å². The second-order valence-corrected chi connectivity index (χ2v) is 7.69. The molecule has 0 unspecified atom stereocenters. The molecule has 0 saturated heterocycles. The number of anilines is 1. The van der Waals surface area contributed by atoms with Crippen LogP contribution in [0.5, 0.6) is 11.5 Å². The Balaban J connectivity index is 2.13. The third-order valence-corrected chi connectivity index (χ3v) is 5.66. The fourth-order valence-corrected chi connectivity index (χ4v) is 4.14. The van der Waals surface area contributed by atoms with E-state index < -0.39 is 15.8 Å². The summed E-state index contributed by atoms with van der Waals surface area (Å²) in [6, 6.07) is 5.52. The molecule has 0 saturated carbocycles. The van der Waals surface area contributed by atoms with Crippen LogP contribution in [0.2, 0.25) is 0 Å². The van der Waals surface area contributed by atoms with Crippen molar-refractivity contribution in [3.8, 4) is 11.5 Å². The standard InChI is InChI=1S/C18H18N2O7S/c1-9-5-13-14(27-18(22)19-13)8-17(9)28(23,24)20-12-7-16(26-4)15(25-3)6-11(12)10(2)21/h5-8,20H,1-4H3,(H,19,22). The van der Waals surface area contributed by atoms with Gasteiger partial charge in [-0.1, -0.05) is 0 Å². The Labute approximate surface area is 160 Å². The number of aromatic nitrogens is 1. The maximum absolute atomic E-state index is 13.0. The highest BCUT2D eigenvalue weighted by atomic mass is 32.2. The van der Waals surface area contributed by atoms with Crippen LogP contribution < -0.4 is 20.0 Å². The summed E-state index contributed by atoms with van der Waals surface area (Å²) in [4.78, 5) is 25.7. The monoisotopic (exact) mass is 406 g/mol. The number of H-pyrrole nitrogens is 1. The number of carbonyl (C=O) groups is 1. The van der Waals surface area contributed by atoms with Crippen molar-refractivity contribution in [2.75, 3.05) is 18.9 Å². The molecule has 0 atom stereocenters. The van der Waals surface area contributed by atoms with Gasteiger partial charge in [-0.2, -0.15) is 0 Å². The fourth-order valence-electron chi connectivity index (χ4n) is 2.83. The van der Waals surface area contributed by atoms with Gasteiger partial charge in [0, 0.05) is 17.7 Å². The van der Waals surface area contributed by atoms with Crippen LogP contribution in [-0.4, -0.2) is 33.4 Å². The number of oxazole rings is 1. The van der Waals surface area contributed by atoms with E-state index in [4.69, 9.17) is 13.9 Å². The Morgan fingerprint density at radius 1 is 1.11 bits per heavy atom. The molecule has 0 spiro atoms. The Bertz CT molecular complexity index is 1240. The Hall–Kier alpha value is -3.27. The first kappa shape index (κ1) is 19.5. The van der Waals surface area contributed by atoms with E-state index in [-0.39, 0.29) is 33.3 Å². The molecule has 0 aliphatic rings. The largest absolute Gasteiger partial charge is 0.493 e. The summed E-state index contributed by atoms with van der Waals surface area (Å²) in [5, 5.41) is 0. The second-order valence-electron chi connectivity index (χ2n) is 6.04. The van der Waals surface area contributed by atoms with Crippen LogP contribution >= 0.6 is 0 Å². The topological polar surface area (TPSA) is 128 Å². The first-order valence-electron chi connectivity index (χ1n) is 8.09. The summed E-state index contributed by atoms with van der Waals surface area (Å²) in [6.07, 6.45) is 0. The summed E-state index contributed by atoms with van der Waals surface area (Å²) in [5.74, 6) is -0.491. The van der Waals surface area contributed by atoms with Crippen LogP contribution in [0.4, 0.5) is 5.69 Å². The highest BCUT2D eigenvalue weighted by Crippen LogP contribution is 2.35. The number of benzene rings is 2. The molecule has 148 valence electrons. The van der Waals surface area contributed by atoms with Crippen molar-refractivity contribution in [1.29, 1.82) is 0 Å². The maximum Gasteiger partial charge on any atom is 0.417 e. The van der Waals surface area contributed by atoms with E-state index >= 15 is 0 Å². The molecule has 0 radical (unpaired) electrons. The number of nitrogens with one attached hydrogen (secondary N) is 2. The lowest BCUT2D eigenvalue weighted by Crippen LogP contribution is -2.16. The van der Waals surface area contributed by atoms with E-state index in [1.165, 1.54) is 45.4 Å². The van der Waals surface area contributed by atoms with Gasteiger partial charge in [-0.15, -0.1) is 0 Å². The van der Waals surface area contributed by atoms with Crippen molar-refractivity contribution in [2.24, 2.45) is 0 Å². The molecule has 2 N–H and O–H groups in total. The average molecular weight is 406 g/mol. The molecule has 1 heterocycles. The van der Waals surface area contributed by atoms with Crippen molar-refractivity contribution in [3.63, 3.8) is 0 Å². The van der Waals surface area contributed by atoms with Crippen LogP contribution in [0, 0.1) is 6.92 Å². The van der Waals surface area contributed by atoms with Gasteiger partial charge in [0.25, 0.3) is 10.0 Å². The Morgan fingerprint density at radius 2 is 1.75 bits per heavy atom. The molecule has 1 aromatic heterocycles. The zero-order valence-corrected chi connectivity index (χ0v) is 16.4. The van der Waals surface area contributed by atoms with Crippen LogP contribution in [0.25, 0.3) is 11.1 Å².